The lowest BCUT2D eigenvalue weighted by molar-refractivity contribution is 0.600. The van der Waals surface area contributed by atoms with Crippen LogP contribution in [0.5, 0.6) is 0 Å². The first-order chi connectivity index (χ1) is 9.24. The topological polar surface area (TPSA) is 50.9 Å². The molecule has 1 atom stereocenters. The maximum absolute atomic E-state index is 6.15. The molecule has 1 aliphatic rings. The lowest BCUT2D eigenvalue weighted by Crippen LogP contribution is -2.17. The molecule has 19 heavy (non-hydrogen) atoms. The molecular weight excluding hydrogens is 258 g/mol. The standard InChI is InChI=1S/C15H16ClN3/c16-13-9-18-7-6-15(13)19-14-3-1-2-10-8-11(17)4-5-12(10)14/h4-9,14H,1-3,17H2,(H,18,19). The van der Waals surface area contributed by atoms with Crippen molar-refractivity contribution in [3.05, 3.63) is 52.8 Å². The zero-order valence-corrected chi connectivity index (χ0v) is 11.3. The van der Waals surface area contributed by atoms with Gasteiger partial charge in [0, 0.05) is 18.1 Å². The summed E-state index contributed by atoms with van der Waals surface area (Å²) in [6, 6.07) is 8.37. The molecule has 3 rings (SSSR count). The van der Waals surface area contributed by atoms with Crippen molar-refractivity contribution in [2.75, 3.05) is 11.1 Å². The van der Waals surface area contributed by atoms with Gasteiger partial charge in [0.1, 0.15) is 0 Å². The highest BCUT2D eigenvalue weighted by Gasteiger charge is 2.20. The van der Waals surface area contributed by atoms with E-state index in [-0.39, 0.29) is 0 Å². The van der Waals surface area contributed by atoms with Crippen LogP contribution in [-0.4, -0.2) is 4.98 Å². The van der Waals surface area contributed by atoms with Crippen LogP contribution >= 0.6 is 11.6 Å². The van der Waals surface area contributed by atoms with Crippen LogP contribution in [0.15, 0.2) is 36.7 Å². The van der Waals surface area contributed by atoms with Gasteiger partial charge in [-0.05, 0) is 48.6 Å². The van der Waals surface area contributed by atoms with E-state index in [0.29, 0.717) is 11.1 Å². The first-order valence-electron chi connectivity index (χ1n) is 6.48. The summed E-state index contributed by atoms with van der Waals surface area (Å²) in [5, 5.41) is 4.17. The van der Waals surface area contributed by atoms with Gasteiger partial charge >= 0.3 is 0 Å². The van der Waals surface area contributed by atoms with Gasteiger partial charge in [-0.25, -0.2) is 0 Å². The molecule has 0 fully saturated rings. The summed E-state index contributed by atoms with van der Waals surface area (Å²) in [4.78, 5) is 4.01. The van der Waals surface area contributed by atoms with Crippen LogP contribution in [0.2, 0.25) is 5.02 Å². The monoisotopic (exact) mass is 273 g/mol. The molecule has 98 valence electrons. The van der Waals surface area contributed by atoms with Gasteiger partial charge in [0.25, 0.3) is 0 Å². The fourth-order valence-corrected chi connectivity index (χ4v) is 2.84. The molecule has 1 unspecified atom stereocenters. The third-order valence-corrected chi connectivity index (χ3v) is 3.88. The van der Waals surface area contributed by atoms with E-state index in [1.54, 1.807) is 12.4 Å². The minimum absolute atomic E-state index is 0.296. The van der Waals surface area contributed by atoms with Crippen LogP contribution in [0, 0.1) is 0 Å². The average molecular weight is 274 g/mol. The fourth-order valence-electron chi connectivity index (χ4n) is 2.66. The number of aryl methyl sites for hydroxylation is 1. The first kappa shape index (κ1) is 12.3. The molecular formula is C15H16ClN3. The second kappa shape index (κ2) is 5.10. The Morgan fingerprint density at radius 1 is 1.32 bits per heavy atom. The summed E-state index contributed by atoms with van der Waals surface area (Å²) in [5.41, 5.74) is 10.3. The molecule has 1 aliphatic carbocycles. The van der Waals surface area contributed by atoms with Crippen molar-refractivity contribution in [3.63, 3.8) is 0 Å². The van der Waals surface area contributed by atoms with Gasteiger partial charge in [-0.1, -0.05) is 17.7 Å². The molecule has 3 nitrogen and oxygen atoms in total. The molecule has 0 amide bonds. The highest BCUT2D eigenvalue weighted by Crippen LogP contribution is 2.34. The molecule has 0 saturated heterocycles. The molecule has 1 heterocycles. The summed E-state index contributed by atoms with van der Waals surface area (Å²) in [6.07, 6.45) is 6.78. The summed E-state index contributed by atoms with van der Waals surface area (Å²) in [6.45, 7) is 0. The van der Waals surface area contributed by atoms with Gasteiger partial charge in [-0.3, -0.25) is 4.98 Å². The molecule has 4 heteroatoms. The van der Waals surface area contributed by atoms with Crippen molar-refractivity contribution in [1.82, 2.24) is 4.98 Å². The average Bonchev–Trinajstić information content (AvgIpc) is 2.41. The Morgan fingerprint density at radius 3 is 3.05 bits per heavy atom. The highest BCUT2D eigenvalue weighted by atomic mass is 35.5. The van der Waals surface area contributed by atoms with Gasteiger partial charge < -0.3 is 11.1 Å². The Bertz CT molecular complexity index is 598. The van der Waals surface area contributed by atoms with Gasteiger partial charge in [0.2, 0.25) is 0 Å². The normalized spacial score (nSPS) is 17.8. The quantitative estimate of drug-likeness (QED) is 0.818. The lowest BCUT2D eigenvalue weighted by atomic mass is 9.87. The smallest absolute Gasteiger partial charge is 0.0820 e. The Kier molecular flexibility index (Phi) is 3.30. The zero-order valence-electron chi connectivity index (χ0n) is 10.6. The van der Waals surface area contributed by atoms with Crippen molar-refractivity contribution < 1.29 is 0 Å². The Hall–Kier alpha value is -1.74. The van der Waals surface area contributed by atoms with Gasteiger partial charge in [-0.2, -0.15) is 0 Å². The van der Waals surface area contributed by atoms with Crippen LogP contribution < -0.4 is 11.1 Å². The third-order valence-electron chi connectivity index (χ3n) is 3.58. The fraction of sp³-hybridized carbons (Fsp3) is 0.267. The molecule has 0 bridgehead atoms. The number of nitrogens with two attached hydrogens (primary N) is 1. The SMILES string of the molecule is Nc1ccc2c(c1)CCCC2Nc1ccncc1Cl. The predicted octanol–water partition coefficient (Wildman–Crippen LogP) is 3.81. The van der Waals surface area contributed by atoms with E-state index in [4.69, 9.17) is 17.3 Å². The van der Waals surface area contributed by atoms with Crippen LogP contribution in [0.25, 0.3) is 0 Å². The number of benzene rings is 1. The number of halogens is 1. The molecule has 1 aromatic carbocycles. The van der Waals surface area contributed by atoms with Gasteiger partial charge in [-0.15, -0.1) is 0 Å². The van der Waals surface area contributed by atoms with Crippen molar-refractivity contribution in [2.24, 2.45) is 0 Å². The Labute approximate surface area is 117 Å². The number of pyridine rings is 1. The van der Waals surface area contributed by atoms with E-state index in [1.165, 1.54) is 11.1 Å². The maximum Gasteiger partial charge on any atom is 0.0820 e. The molecule has 3 N–H and O–H groups in total. The van der Waals surface area contributed by atoms with E-state index in [2.05, 4.69) is 22.4 Å². The third kappa shape index (κ3) is 2.51. The number of hydrogen-bond donors (Lipinski definition) is 2. The number of hydrogen-bond acceptors (Lipinski definition) is 3. The summed E-state index contributed by atoms with van der Waals surface area (Å²) >= 11 is 6.15. The predicted molar refractivity (Wildman–Crippen MR) is 79.4 cm³/mol. The largest absolute Gasteiger partial charge is 0.399 e. The van der Waals surface area contributed by atoms with Crippen LogP contribution in [0.3, 0.4) is 0 Å². The van der Waals surface area contributed by atoms with Gasteiger partial charge in [0.05, 0.1) is 16.8 Å². The molecule has 0 radical (unpaired) electrons. The number of nitrogens with zero attached hydrogens (tertiary/aromatic N) is 1. The second-order valence-corrected chi connectivity index (χ2v) is 5.31. The van der Waals surface area contributed by atoms with Crippen LogP contribution in [0.1, 0.15) is 30.0 Å². The lowest BCUT2D eigenvalue weighted by Gasteiger charge is -2.27. The van der Waals surface area contributed by atoms with E-state index in [9.17, 15) is 0 Å². The molecule has 0 spiro atoms. The minimum atomic E-state index is 0.296. The highest BCUT2D eigenvalue weighted by molar-refractivity contribution is 6.33. The number of rotatable bonds is 2. The van der Waals surface area contributed by atoms with Crippen molar-refractivity contribution in [3.8, 4) is 0 Å². The minimum Gasteiger partial charge on any atom is -0.399 e. The number of anilines is 2. The zero-order chi connectivity index (χ0) is 13.2. The summed E-state index contributed by atoms with van der Waals surface area (Å²) < 4.78 is 0. The van der Waals surface area contributed by atoms with E-state index < -0.39 is 0 Å². The maximum atomic E-state index is 6.15. The van der Waals surface area contributed by atoms with Crippen LogP contribution in [-0.2, 0) is 6.42 Å². The number of nitrogen functional groups attached to an aromatic ring is 1. The molecule has 0 saturated carbocycles. The second-order valence-electron chi connectivity index (χ2n) is 4.90. The molecule has 1 aromatic heterocycles. The molecule has 0 aliphatic heterocycles. The van der Waals surface area contributed by atoms with Crippen molar-refractivity contribution in [2.45, 2.75) is 25.3 Å². The van der Waals surface area contributed by atoms with E-state index in [1.807, 2.05) is 12.1 Å². The summed E-state index contributed by atoms with van der Waals surface area (Å²) in [7, 11) is 0. The number of fused-ring (bicyclic) bond motifs is 1. The Balaban J connectivity index is 1.90. The number of aromatic nitrogens is 1. The van der Waals surface area contributed by atoms with Crippen molar-refractivity contribution in [1.29, 1.82) is 0 Å². The Morgan fingerprint density at radius 2 is 2.21 bits per heavy atom. The van der Waals surface area contributed by atoms with Crippen LogP contribution in [0.4, 0.5) is 11.4 Å². The first-order valence-corrected chi connectivity index (χ1v) is 6.86. The number of nitrogens with one attached hydrogen (secondary N) is 1. The van der Waals surface area contributed by atoms with E-state index >= 15 is 0 Å². The van der Waals surface area contributed by atoms with Gasteiger partial charge in [0.15, 0.2) is 0 Å². The summed E-state index contributed by atoms with van der Waals surface area (Å²) in [5.74, 6) is 0. The molecule has 2 aromatic rings. The van der Waals surface area contributed by atoms with E-state index in [0.717, 1.165) is 30.6 Å². The van der Waals surface area contributed by atoms with Crippen molar-refractivity contribution >= 4 is 23.0 Å².